The molecule has 0 saturated carbocycles. The van der Waals surface area contributed by atoms with Gasteiger partial charge in [0.25, 0.3) is 0 Å². The molecule has 1 heterocycles. The van der Waals surface area contributed by atoms with Crippen LogP contribution >= 0.6 is 0 Å². The Balaban J connectivity index is 2.48. The van der Waals surface area contributed by atoms with Crippen LogP contribution in [-0.2, 0) is 13.6 Å². The summed E-state index contributed by atoms with van der Waals surface area (Å²) in [7, 11) is -2.28. The highest BCUT2D eigenvalue weighted by Gasteiger charge is 2.46. The van der Waals surface area contributed by atoms with E-state index < -0.39 is 16.6 Å². The molecule has 0 amide bonds. The second kappa shape index (κ2) is 8.11. The van der Waals surface area contributed by atoms with Gasteiger partial charge in [0, 0.05) is 5.56 Å². The van der Waals surface area contributed by atoms with E-state index in [9.17, 15) is 0 Å². The Morgan fingerprint density at radius 2 is 1.34 bits per heavy atom. The molecule has 0 spiro atoms. The van der Waals surface area contributed by atoms with Crippen molar-refractivity contribution in [3.05, 3.63) is 29.3 Å². The summed E-state index contributed by atoms with van der Waals surface area (Å²) in [6.07, 6.45) is -0.593. The van der Waals surface area contributed by atoms with Gasteiger partial charge in [0.1, 0.15) is 5.75 Å². The van der Waals surface area contributed by atoms with E-state index >= 15 is 0 Å². The van der Waals surface area contributed by atoms with Crippen LogP contribution in [0.25, 0.3) is 0 Å². The zero-order valence-electron chi connectivity index (χ0n) is 20.6. The first kappa shape index (κ1) is 24.6. The SMILES string of the molecule is COc1ccc2c(c1)[C@H](O[Si](C)(C)C(C)(C)C)[C@H](C)O[C@@H]2O[Si](C)(C)C(C)(C)C. The Bertz CT molecular complexity index is 717. The van der Waals surface area contributed by atoms with Crippen molar-refractivity contribution in [2.45, 2.75) is 103 Å². The van der Waals surface area contributed by atoms with E-state index in [-0.39, 0.29) is 28.6 Å². The highest BCUT2D eigenvalue weighted by molar-refractivity contribution is 6.74. The number of fused-ring (bicyclic) bond motifs is 1. The molecule has 0 saturated heterocycles. The van der Waals surface area contributed by atoms with Gasteiger partial charge in [-0.3, -0.25) is 0 Å². The van der Waals surface area contributed by atoms with E-state index in [0.717, 1.165) is 16.9 Å². The molecule has 1 aliphatic rings. The Labute approximate surface area is 180 Å². The normalized spacial score (nSPS) is 23.7. The molecule has 1 aromatic rings. The first-order valence-electron chi connectivity index (χ1n) is 10.7. The molecule has 0 N–H and O–H groups in total. The molecule has 4 nitrogen and oxygen atoms in total. The molecule has 1 aliphatic heterocycles. The Morgan fingerprint density at radius 1 is 0.828 bits per heavy atom. The molecule has 0 fully saturated rings. The van der Waals surface area contributed by atoms with Gasteiger partial charge in [0.15, 0.2) is 22.9 Å². The third kappa shape index (κ3) is 5.16. The lowest BCUT2D eigenvalue weighted by Gasteiger charge is -2.46. The molecule has 166 valence electrons. The molecule has 0 aliphatic carbocycles. The molecule has 0 radical (unpaired) electrons. The van der Waals surface area contributed by atoms with Gasteiger partial charge in [-0.15, -0.1) is 0 Å². The van der Waals surface area contributed by atoms with Crippen molar-refractivity contribution in [1.29, 1.82) is 0 Å². The molecule has 3 atom stereocenters. The molecule has 29 heavy (non-hydrogen) atoms. The van der Waals surface area contributed by atoms with Crippen LogP contribution in [0, 0.1) is 0 Å². The standard InChI is InChI=1S/C23H42O4Si2/c1-16-20(26-28(9,10)22(2,3)4)19-15-17(24-8)13-14-18(19)21(25-16)27-29(11,12)23(5,6)7/h13-16,20-21H,1-12H3/t16-,20+,21+/m0/s1. The second-order valence-electron chi connectivity index (χ2n) is 11.3. The quantitative estimate of drug-likeness (QED) is 0.456. The molecular weight excluding hydrogens is 396 g/mol. The lowest BCUT2D eigenvalue weighted by molar-refractivity contribution is -0.167. The molecular formula is C23H42O4Si2. The Hall–Kier alpha value is -0.666. The highest BCUT2D eigenvalue weighted by Crippen LogP contribution is 2.48. The van der Waals surface area contributed by atoms with Gasteiger partial charge in [-0.2, -0.15) is 0 Å². The number of rotatable bonds is 5. The molecule has 2 rings (SSSR count). The average Bonchev–Trinajstić information content (AvgIpc) is 2.55. The predicted octanol–water partition coefficient (Wildman–Crippen LogP) is 7.20. The summed E-state index contributed by atoms with van der Waals surface area (Å²) in [6.45, 7) is 24.8. The summed E-state index contributed by atoms with van der Waals surface area (Å²) >= 11 is 0. The van der Waals surface area contributed by atoms with Crippen molar-refractivity contribution in [2.75, 3.05) is 7.11 Å². The van der Waals surface area contributed by atoms with Crippen LogP contribution in [-0.4, -0.2) is 29.8 Å². The fraction of sp³-hybridized carbons (Fsp3) is 0.739. The maximum absolute atomic E-state index is 6.84. The fourth-order valence-electron chi connectivity index (χ4n) is 2.92. The van der Waals surface area contributed by atoms with Crippen LogP contribution in [0.5, 0.6) is 5.75 Å². The second-order valence-corrected chi connectivity index (χ2v) is 20.9. The van der Waals surface area contributed by atoms with E-state index in [1.54, 1.807) is 7.11 Å². The van der Waals surface area contributed by atoms with Crippen molar-refractivity contribution >= 4 is 16.6 Å². The minimum absolute atomic E-state index is 0.0986. The van der Waals surface area contributed by atoms with Crippen LogP contribution < -0.4 is 4.74 Å². The predicted molar refractivity (Wildman–Crippen MR) is 126 cm³/mol. The number of hydrogen-bond acceptors (Lipinski definition) is 4. The number of hydrogen-bond donors (Lipinski definition) is 0. The maximum atomic E-state index is 6.84. The van der Waals surface area contributed by atoms with E-state index in [1.807, 2.05) is 6.07 Å². The molecule has 6 heteroatoms. The van der Waals surface area contributed by atoms with E-state index in [1.165, 1.54) is 0 Å². The van der Waals surface area contributed by atoms with Gasteiger partial charge in [0.05, 0.1) is 19.3 Å². The van der Waals surface area contributed by atoms with Crippen LogP contribution in [0.4, 0.5) is 0 Å². The lowest BCUT2D eigenvalue weighted by atomic mass is 9.95. The molecule has 0 aromatic heterocycles. The number of methoxy groups -OCH3 is 1. The third-order valence-electron chi connectivity index (χ3n) is 7.05. The average molecular weight is 439 g/mol. The van der Waals surface area contributed by atoms with E-state index in [4.69, 9.17) is 18.3 Å². The Kier molecular flexibility index (Phi) is 6.88. The van der Waals surface area contributed by atoms with Crippen LogP contribution in [0.1, 0.15) is 72.0 Å². The summed E-state index contributed by atoms with van der Waals surface area (Å²) in [6, 6.07) is 6.18. The van der Waals surface area contributed by atoms with Crippen LogP contribution in [0.15, 0.2) is 18.2 Å². The van der Waals surface area contributed by atoms with Gasteiger partial charge in [-0.1, -0.05) is 41.5 Å². The summed E-state index contributed by atoms with van der Waals surface area (Å²) in [5, 5.41) is 0.237. The Morgan fingerprint density at radius 3 is 1.83 bits per heavy atom. The largest absolute Gasteiger partial charge is 0.497 e. The zero-order valence-corrected chi connectivity index (χ0v) is 22.6. The van der Waals surface area contributed by atoms with Gasteiger partial charge >= 0.3 is 0 Å². The highest BCUT2D eigenvalue weighted by atomic mass is 28.4. The van der Waals surface area contributed by atoms with Crippen molar-refractivity contribution in [3.8, 4) is 5.75 Å². The summed E-state index contributed by atoms with van der Waals surface area (Å²) in [5.41, 5.74) is 2.20. The zero-order chi connectivity index (χ0) is 22.4. The summed E-state index contributed by atoms with van der Waals surface area (Å²) in [4.78, 5) is 0. The van der Waals surface area contributed by atoms with Gasteiger partial charge in [-0.25, -0.2) is 0 Å². The number of benzene rings is 1. The summed E-state index contributed by atoms with van der Waals surface area (Å²) < 4.78 is 25.5. The fourth-order valence-corrected chi connectivity index (χ4v) is 5.30. The van der Waals surface area contributed by atoms with Crippen molar-refractivity contribution in [1.82, 2.24) is 0 Å². The van der Waals surface area contributed by atoms with Gasteiger partial charge in [0.2, 0.25) is 0 Å². The lowest BCUT2D eigenvalue weighted by Crippen LogP contribution is -2.47. The van der Waals surface area contributed by atoms with Gasteiger partial charge < -0.3 is 18.3 Å². The van der Waals surface area contributed by atoms with Gasteiger partial charge in [-0.05, 0) is 67.0 Å². The summed E-state index contributed by atoms with van der Waals surface area (Å²) in [5.74, 6) is 0.841. The first-order valence-corrected chi connectivity index (χ1v) is 16.5. The minimum atomic E-state index is -2.00. The van der Waals surface area contributed by atoms with E-state index in [0.29, 0.717) is 0 Å². The number of ether oxygens (including phenoxy) is 2. The van der Waals surface area contributed by atoms with Crippen molar-refractivity contribution in [2.24, 2.45) is 0 Å². The first-order chi connectivity index (χ1) is 13.0. The third-order valence-corrected chi connectivity index (χ3v) is 15.9. The smallest absolute Gasteiger partial charge is 0.195 e. The van der Waals surface area contributed by atoms with E-state index in [2.05, 4.69) is 86.8 Å². The molecule has 1 aromatic carbocycles. The maximum Gasteiger partial charge on any atom is 0.195 e. The minimum Gasteiger partial charge on any atom is -0.497 e. The van der Waals surface area contributed by atoms with Crippen molar-refractivity contribution < 1.29 is 18.3 Å². The monoisotopic (exact) mass is 438 g/mol. The van der Waals surface area contributed by atoms with Crippen LogP contribution in [0.2, 0.25) is 36.3 Å². The van der Waals surface area contributed by atoms with Crippen molar-refractivity contribution in [3.63, 3.8) is 0 Å². The topological polar surface area (TPSA) is 36.9 Å². The molecule has 0 bridgehead atoms. The van der Waals surface area contributed by atoms with Crippen LogP contribution in [0.3, 0.4) is 0 Å². The molecule has 0 unspecified atom stereocenters.